The number of rotatable bonds is 5. The van der Waals surface area contributed by atoms with Crippen molar-refractivity contribution >= 4 is 18.0 Å². The fourth-order valence-electron chi connectivity index (χ4n) is 2.24. The Balaban J connectivity index is 2.61. The highest BCUT2D eigenvalue weighted by atomic mass is 16.5. The molecule has 1 fully saturated rings. The van der Waals surface area contributed by atoms with Crippen LogP contribution in [0.15, 0.2) is 0 Å². The van der Waals surface area contributed by atoms with E-state index in [2.05, 4.69) is 0 Å². The number of hydrogen-bond donors (Lipinski definition) is 0. The highest BCUT2D eigenvalue weighted by Crippen LogP contribution is 2.59. The first-order valence-electron chi connectivity index (χ1n) is 5.43. The third-order valence-corrected chi connectivity index (χ3v) is 3.52. The van der Waals surface area contributed by atoms with Gasteiger partial charge in [-0.05, 0) is 24.7 Å². The molecule has 1 saturated carbocycles. The van der Waals surface area contributed by atoms with E-state index in [0.29, 0.717) is 6.42 Å². The Morgan fingerprint density at radius 2 is 1.94 bits per heavy atom. The van der Waals surface area contributed by atoms with E-state index < -0.39 is 12.1 Å². The van der Waals surface area contributed by atoms with Gasteiger partial charge in [-0.25, -0.2) is 0 Å². The van der Waals surface area contributed by atoms with Crippen molar-refractivity contribution in [3.05, 3.63) is 0 Å². The molecule has 0 radical (unpaired) electrons. The van der Waals surface area contributed by atoms with Crippen molar-refractivity contribution in [1.29, 1.82) is 0 Å². The number of esters is 1. The predicted octanol–water partition coefficient (Wildman–Crippen LogP) is 1.37. The SMILES string of the molecule is CC(=O)OC(CC1C(C=O)C1(C)C)C(C)=O. The van der Waals surface area contributed by atoms with Crippen LogP contribution in [0.5, 0.6) is 0 Å². The Hall–Kier alpha value is -1.19. The number of carbonyl (C=O) groups is 3. The van der Waals surface area contributed by atoms with Crippen molar-refractivity contribution in [3.63, 3.8) is 0 Å². The molecule has 3 atom stereocenters. The number of ketones is 1. The lowest BCUT2D eigenvalue weighted by molar-refractivity contribution is -0.153. The lowest BCUT2D eigenvalue weighted by atomic mass is 10.0. The average molecular weight is 226 g/mol. The molecule has 0 saturated heterocycles. The molecule has 0 aromatic heterocycles. The summed E-state index contributed by atoms with van der Waals surface area (Å²) in [5, 5.41) is 0. The fourth-order valence-corrected chi connectivity index (χ4v) is 2.24. The van der Waals surface area contributed by atoms with E-state index in [1.807, 2.05) is 13.8 Å². The number of aldehydes is 1. The van der Waals surface area contributed by atoms with E-state index in [9.17, 15) is 14.4 Å². The van der Waals surface area contributed by atoms with Crippen LogP contribution in [0.2, 0.25) is 0 Å². The normalized spacial score (nSPS) is 28.0. The largest absolute Gasteiger partial charge is 0.455 e. The van der Waals surface area contributed by atoms with Crippen LogP contribution < -0.4 is 0 Å². The number of hydrogen-bond acceptors (Lipinski definition) is 4. The number of ether oxygens (including phenoxy) is 1. The molecule has 0 N–H and O–H groups in total. The highest BCUT2D eigenvalue weighted by molar-refractivity contribution is 5.83. The predicted molar refractivity (Wildman–Crippen MR) is 57.7 cm³/mol. The summed E-state index contributed by atoms with van der Waals surface area (Å²) in [6.07, 6.45) is 0.674. The van der Waals surface area contributed by atoms with Crippen molar-refractivity contribution in [1.82, 2.24) is 0 Å². The molecule has 3 unspecified atom stereocenters. The first-order valence-corrected chi connectivity index (χ1v) is 5.43. The molecule has 0 bridgehead atoms. The van der Waals surface area contributed by atoms with Crippen LogP contribution in [0.1, 0.15) is 34.1 Å². The van der Waals surface area contributed by atoms with Crippen molar-refractivity contribution < 1.29 is 19.1 Å². The Labute approximate surface area is 95.3 Å². The Kier molecular flexibility index (Phi) is 3.51. The second-order valence-corrected chi connectivity index (χ2v) is 5.03. The molecule has 0 amide bonds. The molecule has 4 nitrogen and oxygen atoms in total. The topological polar surface area (TPSA) is 60.4 Å². The summed E-state index contributed by atoms with van der Waals surface area (Å²) in [6.45, 7) is 6.66. The molecule has 0 heterocycles. The van der Waals surface area contributed by atoms with Gasteiger partial charge in [-0.2, -0.15) is 0 Å². The zero-order valence-electron chi connectivity index (χ0n) is 10.1. The Morgan fingerprint density at radius 1 is 1.38 bits per heavy atom. The van der Waals surface area contributed by atoms with Crippen LogP contribution >= 0.6 is 0 Å². The van der Waals surface area contributed by atoms with E-state index in [1.165, 1.54) is 13.8 Å². The summed E-state index contributed by atoms with van der Waals surface area (Å²) in [6, 6.07) is 0. The minimum Gasteiger partial charge on any atom is -0.455 e. The maximum absolute atomic E-state index is 11.3. The third-order valence-electron chi connectivity index (χ3n) is 3.52. The van der Waals surface area contributed by atoms with Gasteiger partial charge in [0.1, 0.15) is 6.29 Å². The van der Waals surface area contributed by atoms with Crippen LogP contribution in [0.4, 0.5) is 0 Å². The van der Waals surface area contributed by atoms with Gasteiger partial charge in [0.15, 0.2) is 11.9 Å². The summed E-state index contributed by atoms with van der Waals surface area (Å²) in [5.41, 5.74) is -0.0738. The molecule has 1 aliphatic rings. The average Bonchev–Trinajstić information content (AvgIpc) is 2.65. The number of Topliss-reactive ketones (excluding diaryl/α,β-unsaturated/α-hetero) is 1. The Morgan fingerprint density at radius 3 is 2.25 bits per heavy atom. The summed E-state index contributed by atoms with van der Waals surface area (Å²) in [5.74, 6) is -0.507. The molecule has 0 spiro atoms. The molecular weight excluding hydrogens is 208 g/mol. The van der Waals surface area contributed by atoms with Crippen LogP contribution in [0.3, 0.4) is 0 Å². The molecule has 90 valence electrons. The van der Waals surface area contributed by atoms with Crippen LogP contribution in [-0.4, -0.2) is 24.1 Å². The smallest absolute Gasteiger partial charge is 0.303 e. The maximum Gasteiger partial charge on any atom is 0.303 e. The van der Waals surface area contributed by atoms with Gasteiger partial charge in [-0.3, -0.25) is 9.59 Å². The van der Waals surface area contributed by atoms with Gasteiger partial charge in [-0.15, -0.1) is 0 Å². The van der Waals surface area contributed by atoms with E-state index in [-0.39, 0.29) is 23.0 Å². The van der Waals surface area contributed by atoms with Crippen LogP contribution in [-0.2, 0) is 19.1 Å². The van der Waals surface area contributed by atoms with Gasteiger partial charge >= 0.3 is 5.97 Å². The summed E-state index contributed by atoms with van der Waals surface area (Å²) in [7, 11) is 0. The van der Waals surface area contributed by atoms with Gasteiger partial charge in [0.2, 0.25) is 0 Å². The van der Waals surface area contributed by atoms with Gasteiger partial charge in [0, 0.05) is 12.8 Å². The van der Waals surface area contributed by atoms with E-state index in [1.54, 1.807) is 0 Å². The molecule has 1 rings (SSSR count). The lowest BCUT2D eigenvalue weighted by Crippen LogP contribution is -2.25. The van der Waals surface area contributed by atoms with Crippen molar-refractivity contribution in [2.75, 3.05) is 0 Å². The van der Waals surface area contributed by atoms with Gasteiger partial charge < -0.3 is 9.53 Å². The molecule has 1 aliphatic carbocycles. The van der Waals surface area contributed by atoms with E-state index in [4.69, 9.17) is 4.74 Å². The second-order valence-electron chi connectivity index (χ2n) is 5.03. The van der Waals surface area contributed by atoms with Gasteiger partial charge in [-0.1, -0.05) is 13.8 Å². The third kappa shape index (κ3) is 2.49. The van der Waals surface area contributed by atoms with Crippen LogP contribution in [0, 0.1) is 17.3 Å². The highest BCUT2D eigenvalue weighted by Gasteiger charge is 2.58. The van der Waals surface area contributed by atoms with Crippen molar-refractivity contribution in [2.24, 2.45) is 17.3 Å². The molecule has 0 aromatic rings. The molecule has 16 heavy (non-hydrogen) atoms. The first kappa shape index (κ1) is 12.9. The molecular formula is C12H18O4. The minimum atomic E-state index is -0.702. The molecule has 4 heteroatoms. The minimum absolute atomic E-state index is 0.0232. The zero-order chi connectivity index (χ0) is 12.5. The molecule has 0 aromatic carbocycles. The Bertz CT molecular complexity index is 319. The fraction of sp³-hybridized carbons (Fsp3) is 0.750. The second kappa shape index (κ2) is 4.36. The summed E-state index contributed by atoms with van der Waals surface area (Å²) < 4.78 is 4.94. The van der Waals surface area contributed by atoms with E-state index >= 15 is 0 Å². The lowest BCUT2D eigenvalue weighted by Gasteiger charge is -2.14. The van der Waals surface area contributed by atoms with Crippen molar-refractivity contribution in [2.45, 2.75) is 40.2 Å². The van der Waals surface area contributed by atoms with Gasteiger partial charge in [0.25, 0.3) is 0 Å². The van der Waals surface area contributed by atoms with Gasteiger partial charge in [0.05, 0.1) is 0 Å². The monoisotopic (exact) mass is 226 g/mol. The van der Waals surface area contributed by atoms with Crippen molar-refractivity contribution in [3.8, 4) is 0 Å². The summed E-state index contributed by atoms with van der Waals surface area (Å²) in [4.78, 5) is 32.9. The number of carbonyl (C=O) groups excluding carboxylic acids is 3. The van der Waals surface area contributed by atoms with Crippen LogP contribution in [0.25, 0.3) is 0 Å². The maximum atomic E-state index is 11.3. The quantitative estimate of drug-likeness (QED) is 0.524. The molecule has 0 aliphatic heterocycles. The van der Waals surface area contributed by atoms with E-state index in [0.717, 1.165) is 6.29 Å². The zero-order valence-corrected chi connectivity index (χ0v) is 10.1. The first-order chi connectivity index (χ1) is 7.30. The standard InChI is InChI=1S/C12H18O4/c1-7(14)11(16-8(2)15)5-9-10(6-13)12(9,3)4/h6,9-11H,5H2,1-4H3. The summed E-state index contributed by atoms with van der Waals surface area (Å²) >= 11 is 0.